The van der Waals surface area contributed by atoms with E-state index in [2.05, 4.69) is 32.7 Å². The molecule has 0 radical (unpaired) electrons. The summed E-state index contributed by atoms with van der Waals surface area (Å²) in [6, 6.07) is 15.7. The summed E-state index contributed by atoms with van der Waals surface area (Å²) in [4.78, 5) is 27.3. The Morgan fingerprint density at radius 3 is 2.31 bits per heavy atom. The molecule has 0 atom stereocenters. The summed E-state index contributed by atoms with van der Waals surface area (Å²) in [5.41, 5.74) is 4.11. The van der Waals surface area contributed by atoms with Crippen molar-refractivity contribution in [1.82, 2.24) is 5.32 Å². The van der Waals surface area contributed by atoms with Gasteiger partial charge in [0.2, 0.25) is 11.8 Å². The third kappa shape index (κ3) is 10.8. The Morgan fingerprint density at radius 1 is 0.944 bits per heavy atom. The fourth-order valence-corrected chi connectivity index (χ4v) is 3.58. The molecule has 2 aromatic carbocycles. The van der Waals surface area contributed by atoms with E-state index in [0.717, 1.165) is 35.4 Å². The molecule has 0 unspecified atom stereocenters. The van der Waals surface area contributed by atoms with E-state index in [-0.39, 0.29) is 30.1 Å². The van der Waals surface area contributed by atoms with Gasteiger partial charge in [-0.05, 0) is 41.5 Å². The molecule has 1 N–H and O–H groups in total. The highest BCUT2D eigenvalue weighted by Crippen LogP contribution is 2.25. The lowest BCUT2D eigenvalue weighted by Crippen LogP contribution is -2.33. The number of ether oxygens (including phenoxy) is 2. The number of nitrogens with zero attached hydrogens (tertiary/aromatic N) is 1. The minimum atomic E-state index is -0.166. The zero-order chi connectivity index (χ0) is 26.4. The summed E-state index contributed by atoms with van der Waals surface area (Å²) >= 11 is 0. The molecule has 36 heavy (non-hydrogen) atoms. The van der Waals surface area contributed by atoms with Crippen LogP contribution >= 0.6 is 0 Å². The number of para-hydroxylation sites is 1. The fraction of sp³-hybridized carbons (Fsp3) is 0.467. The molecule has 0 spiro atoms. The van der Waals surface area contributed by atoms with Gasteiger partial charge in [-0.2, -0.15) is 0 Å². The maximum atomic E-state index is 13.3. The van der Waals surface area contributed by atoms with Crippen molar-refractivity contribution in [1.29, 1.82) is 0 Å². The molecule has 2 aromatic rings. The van der Waals surface area contributed by atoms with Gasteiger partial charge in [-0.3, -0.25) is 9.59 Å². The van der Waals surface area contributed by atoms with Crippen molar-refractivity contribution < 1.29 is 19.1 Å². The first kappa shape index (κ1) is 29.3. The van der Waals surface area contributed by atoms with Gasteiger partial charge in [-0.15, -0.1) is 0 Å². The van der Waals surface area contributed by atoms with Crippen molar-refractivity contribution in [2.75, 3.05) is 37.9 Å². The van der Waals surface area contributed by atoms with Crippen LogP contribution in [0.4, 0.5) is 5.69 Å². The molecule has 0 aliphatic heterocycles. The molecule has 6 nitrogen and oxygen atoms in total. The summed E-state index contributed by atoms with van der Waals surface area (Å²) < 4.78 is 11.1. The van der Waals surface area contributed by atoms with E-state index in [9.17, 15) is 9.59 Å². The first-order chi connectivity index (χ1) is 17.2. The average Bonchev–Trinajstić information content (AvgIpc) is 2.85. The third-order valence-corrected chi connectivity index (χ3v) is 5.84. The highest BCUT2D eigenvalue weighted by Gasteiger charge is 2.20. The summed E-state index contributed by atoms with van der Waals surface area (Å²) in [6.45, 7) is 15.5. The van der Waals surface area contributed by atoms with Crippen LogP contribution in [0.25, 0.3) is 6.08 Å². The number of aryl methyl sites for hydroxylation is 1. The zero-order valence-corrected chi connectivity index (χ0v) is 22.3. The molecule has 2 amide bonds. The Morgan fingerprint density at radius 2 is 1.61 bits per heavy atom. The Balaban J connectivity index is 1.80. The maximum absolute atomic E-state index is 13.3. The molecule has 6 heteroatoms. The van der Waals surface area contributed by atoms with E-state index in [0.29, 0.717) is 32.9 Å². The van der Waals surface area contributed by atoms with Crippen molar-refractivity contribution in [3.63, 3.8) is 0 Å². The minimum absolute atomic E-state index is 0.105. The summed E-state index contributed by atoms with van der Waals surface area (Å²) in [5, 5.41) is 2.83. The number of carbonyl (C=O) groups is 2. The number of nitrogens with one attached hydrogen (secondary N) is 1. The topological polar surface area (TPSA) is 67.9 Å². The number of hydrogen-bond acceptors (Lipinski definition) is 4. The highest BCUT2D eigenvalue weighted by atomic mass is 16.5. The SMILES string of the molecule is C=Cc1ccccc1N(Cc1ccccc1C)C(=O)CCC(=O)NCCOCCOCCC(C)(C)C. The Kier molecular flexibility index (Phi) is 12.4. The lowest BCUT2D eigenvalue weighted by molar-refractivity contribution is -0.125. The number of amides is 2. The average molecular weight is 495 g/mol. The predicted molar refractivity (Wildman–Crippen MR) is 147 cm³/mol. The van der Waals surface area contributed by atoms with Gasteiger partial charge < -0.3 is 19.7 Å². The molecule has 2 rings (SSSR count). The van der Waals surface area contributed by atoms with E-state index >= 15 is 0 Å². The van der Waals surface area contributed by atoms with Crippen LogP contribution in [0.5, 0.6) is 0 Å². The quantitative estimate of drug-likeness (QED) is 0.330. The van der Waals surface area contributed by atoms with Crippen LogP contribution in [0.3, 0.4) is 0 Å². The predicted octanol–water partition coefficient (Wildman–Crippen LogP) is 5.54. The number of carbonyl (C=O) groups excluding carboxylic acids is 2. The molecule has 0 heterocycles. The highest BCUT2D eigenvalue weighted by molar-refractivity contribution is 5.97. The minimum Gasteiger partial charge on any atom is -0.379 e. The second kappa shape index (κ2) is 15.2. The molecule has 0 fully saturated rings. The number of hydrogen-bond donors (Lipinski definition) is 1. The van der Waals surface area contributed by atoms with Crippen LogP contribution in [-0.4, -0.2) is 44.8 Å². The molecular formula is C30H42N2O4. The molecule has 0 aliphatic carbocycles. The van der Waals surface area contributed by atoms with Crippen molar-refractivity contribution in [2.24, 2.45) is 5.41 Å². The molecule has 0 saturated carbocycles. The van der Waals surface area contributed by atoms with Gasteiger partial charge in [0.1, 0.15) is 0 Å². The van der Waals surface area contributed by atoms with E-state index < -0.39 is 0 Å². The smallest absolute Gasteiger partial charge is 0.227 e. The van der Waals surface area contributed by atoms with Crippen LogP contribution in [0, 0.1) is 12.3 Å². The second-order valence-electron chi connectivity index (χ2n) is 10.1. The van der Waals surface area contributed by atoms with E-state index in [1.807, 2.05) is 55.5 Å². The van der Waals surface area contributed by atoms with Crippen molar-refractivity contribution in [3.8, 4) is 0 Å². The Labute approximate surface area is 216 Å². The zero-order valence-electron chi connectivity index (χ0n) is 22.3. The fourth-order valence-electron chi connectivity index (χ4n) is 3.58. The molecular weight excluding hydrogens is 452 g/mol. The third-order valence-electron chi connectivity index (χ3n) is 5.84. The Bertz CT molecular complexity index is 981. The molecule has 196 valence electrons. The molecule has 0 aromatic heterocycles. The van der Waals surface area contributed by atoms with Crippen molar-refractivity contribution in [3.05, 3.63) is 71.8 Å². The summed E-state index contributed by atoms with van der Waals surface area (Å²) in [7, 11) is 0. The van der Waals surface area contributed by atoms with Crippen molar-refractivity contribution >= 4 is 23.6 Å². The van der Waals surface area contributed by atoms with Gasteiger partial charge in [0.05, 0.1) is 32.1 Å². The van der Waals surface area contributed by atoms with E-state index in [1.165, 1.54) is 0 Å². The van der Waals surface area contributed by atoms with Crippen LogP contribution in [0.2, 0.25) is 0 Å². The molecule has 0 bridgehead atoms. The molecule has 0 saturated heterocycles. The van der Waals surface area contributed by atoms with Gasteiger partial charge >= 0.3 is 0 Å². The van der Waals surface area contributed by atoms with E-state index in [4.69, 9.17) is 9.47 Å². The van der Waals surface area contributed by atoms with E-state index in [1.54, 1.807) is 11.0 Å². The Hall–Kier alpha value is -2.96. The standard InChI is InChI=1S/C30H42N2O4/c1-6-25-12-9-10-14-27(25)32(23-26-13-8-7-11-24(26)2)29(34)16-15-28(33)31-18-20-36-22-21-35-19-17-30(3,4)5/h6-14H,1,15-23H2,2-5H3,(H,31,33). The monoisotopic (exact) mass is 494 g/mol. The number of benzene rings is 2. The van der Waals surface area contributed by atoms with Crippen molar-refractivity contribution in [2.45, 2.75) is 53.5 Å². The van der Waals surface area contributed by atoms with Crippen LogP contribution in [0.1, 0.15) is 56.7 Å². The van der Waals surface area contributed by atoms with Gasteiger partial charge in [0.25, 0.3) is 0 Å². The number of anilines is 1. The normalized spacial score (nSPS) is 11.2. The van der Waals surface area contributed by atoms with Gasteiger partial charge in [-0.1, -0.05) is 75.9 Å². The largest absolute Gasteiger partial charge is 0.379 e. The maximum Gasteiger partial charge on any atom is 0.227 e. The first-order valence-electron chi connectivity index (χ1n) is 12.7. The van der Waals surface area contributed by atoms with Gasteiger partial charge in [0, 0.05) is 26.0 Å². The summed E-state index contributed by atoms with van der Waals surface area (Å²) in [6.07, 6.45) is 2.99. The van der Waals surface area contributed by atoms with Gasteiger partial charge in [0.15, 0.2) is 0 Å². The van der Waals surface area contributed by atoms with Crippen LogP contribution < -0.4 is 10.2 Å². The first-order valence-corrected chi connectivity index (χ1v) is 12.7. The number of rotatable bonds is 15. The van der Waals surface area contributed by atoms with Crippen LogP contribution in [0.15, 0.2) is 55.1 Å². The summed E-state index contributed by atoms with van der Waals surface area (Å²) in [5.74, 6) is -0.271. The lowest BCUT2D eigenvalue weighted by Gasteiger charge is -2.25. The van der Waals surface area contributed by atoms with Crippen LogP contribution in [-0.2, 0) is 25.6 Å². The van der Waals surface area contributed by atoms with Gasteiger partial charge in [-0.25, -0.2) is 0 Å². The molecule has 0 aliphatic rings. The lowest BCUT2D eigenvalue weighted by atomic mass is 9.93. The second-order valence-corrected chi connectivity index (χ2v) is 10.1.